The van der Waals surface area contributed by atoms with E-state index < -0.39 is 11.9 Å². The Hall–Kier alpha value is -3.41. The van der Waals surface area contributed by atoms with Crippen LogP contribution in [-0.2, 0) is 25.6 Å². The minimum absolute atomic E-state index is 0.0635. The molecule has 3 rings (SSSR count). The van der Waals surface area contributed by atoms with Crippen molar-refractivity contribution in [3.05, 3.63) is 82.6 Å². The summed E-state index contributed by atoms with van der Waals surface area (Å²) in [5.74, 6) is -1.22. The van der Waals surface area contributed by atoms with Gasteiger partial charge >= 0.3 is 11.9 Å². The van der Waals surface area contributed by atoms with Gasteiger partial charge in [0.25, 0.3) is 0 Å². The molecule has 0 saturated heterocycles. The minimum atomic E-state index is -0.415. The van der Waals surface area contributed by atoms with Crippen molar-refractivity contribution in [3.8, 4) is 0 Å². The number of amides is 1. The van der Waals surface area contributed by atoms with E-state index in [1.165, 1.54) is 7.11 Å². The molecule has 2 aromatic carbocycles. The average Bonchev–Trinajstić information content (AvgIpc) is 2.76. The summed E-state index contributed by atoms with van der Waals surface area (Å²) in [4.78, 5) is 39.0. The van der Waals surface area contributed by atoms with E-state index in [4.69, 9.17) is 9.47 Å². The second-order valence-corrected chi connectivity index (χ2v) is 7.06. The number of nitrogens with zero attached hydrogens (tertiary/aromatic N) is 1. The van der Waals surface area contributed by atoms with Crippen LogP contribution in [0.3, 0.4) is 0 Å². The van der Waals surface area contributed by atoms with Crippen molar-refractivity contribution < 1.29 is 23.9 Å². The Labute approximate surface area is 176 Å². The number of allylic oxidation sites excluding steroid dienone is 1. The molecule has 0 saturated carbocycles. The van der Waals surface area contributed by atoms with Gasteiger partial charge in [-0.2, -0.15) is 0 Å². The van der Waals surface area contributed by atoms with E-state index in [9.17, 15) is 14.4 Å². The molecule has 0 aliphatic carbocycles. The number of benzene rings is 2. The summed E-state index contributed by atoms with van der Waals surface area (Å²) < 4.78 is 10.0. The SMILES string of the molecule is CCOC(=O)C1=C(C)N(Cc2ccc(C(=O)OC)cc2)C(=O)C[C@H]1c1ccccc1. The summed E-state index contributed by atoms with van der Waals surface area (Å²) >= 11 is 0. The van der Waals surface area contributed by atoms with Crippen LogP contribution in [0.15, 0.2) is 65.9 Å². The van der Waals surface area contributed by atoms with Crippen molar-refractivity contribution in [1.82, 2.24) is 4.90 Å². The van der Waals surface area contributed by atoms with Gasteiger partial charge in [-0.15, -0.1) is 0 Å². The molecule has 0 N–H and O–H groups in total. The normalized spacial score (nSPS) is 16.4. The maximum absolute atomic E-state index is 13.0. The third-order valence-electron chi connectivity index (χ3n) is 5.24. The van der Waals surface area contributed by atoms with Gasteiger partial charge in [-0.25, -0.2) is 9.59 Å². The fraction of sp³-hybridized carbons (Fsp3) is 0.292. The lowest BCUT2D eigenvalue weighted by Gasteiger charge is -2.34. The molecular weight excluding hydrogens is 382 g/mol. The van der Waals surface area contributed by atoms with Crippen LogP contribution in [0, 0.1) is 0 Å². The molecule has 0 spiro atoms. The zero-order valence-corrected chi connectivity index (χ0v) is 17.4. The molecule has 1 amide bonds. The molecule has 1 atom stereocenters. The van der Waals surface area contributed by atoms with Crippen molar-refractivity contribution in [1.29, 1.82) is 0 Å². The number of hydrogen-bond donors (Lipinski definition) is 0. The molecule has 0 unspecified atom stereocenters. The molecule has 6 heteroatoms. The van der Waals surface area contributed by atoms with Crippen LogP contribution in [-0.4, -0.2) is 36.5 Å². The first-order chi connectivity index (χ1) is 14.5. The molecule has 156 valence electrons. The van der Waals surface area contributed by atoms with Crippen LogP contribution in [0.5, 0.6) is 0 Å². The second-order valence-electron chi connectivity index (χ2n) is 7.06. The van der Waals surface area contributed by atoms with Crippen LogP contribution >= 0.6 is 0 Å². The zero-order chi connectivity index (χ0) is 21.7. The number of carbonyl (C=O) groups excluding carboxylic acids is 3. The third-order valence-corrected chi connectivity index (χ3v) is 5.24. The Kier molecular flexibility index (Phi) is 6.67. The molecule has 1 aliphatic heterocycles. The minimum Gasteiger partial charge on any atom is -0.465 e. The molecular formula is C24H25NO5. The van der Waals surface area contributed by atoms with Gasteiger partial charge in [0.15, 0.2) is 0 Å². The highest BCUT2D eigenvalue weighted by molar-refractivity contribution is 5.96. The molecule has 0 radical (unpaired) electrons. The molecule has 2 aromatic rings. The number of rotatable bonds is 6. The molecule has 6 nitrogen and oxygen atoms in total. The maximum atomic E-state index is 13.0. The predicted octanol–water partition coefficient (Wildman–Crippen LogP) is 3.83. The Morgan fingerprint density at radius 1 is 1.03 bits per heavy atom. The van der Waals surface area contributed by atoms with Gasteiger partial charge < -0.3 is 14.4 Å². The first-order valence-corrected chi connectivity index (χ1v) is 9.86. The fourth-order valence-electron chi connectivity index (χ4n) is 3.69. The van der Waals surface area contributed by atoms with Gasteiger partial charge in [0.1, 0.15) is 0 Å². The fourth-order valence-corrected chi connectivity index (χ4v) is 3.69. The van der Waals surface area contributed by atoms with Crippen LogP contribution < -0.4 is 0 Å². The van der Waals surface area contributed by atoms with Crippen molar-refractivity contribution in [2.45, 2.75) is 32.7 Å². The molecule has 0 fully saturated rings. The summed E-state index contributed by atoms with van der Waals surface area (Å²) in [6.07, 6.45) is 0.190. The number of hydrogen-bond acceptors (Lipinski definition) is 5. The van der Waals surface area contributed by atoms with Gasteiger partial charge in [-0.1, -0.05) is 42.5 Å². The first kappa shape index (κ1) is 21.3. The van der Waals surface area contributed by atoms with Crippen LogP contribution in [0.1, 0.15) is 47.7 Å². The van der Waals surface area contributed by atoms with Crippen molar-refractivity contribution >= 4 is 17.8 Å². The molecule has 0 bridgehead atoms. The maximum Gasteiger partial charge on any atom is 0.337 e. The number of carbonyl (C=O) groups is 3. The van der Waals surface area contributed by atoms with E-state index in [1.807, 2.05) is 30.3 Å². The van der Waals surface area contributed by atoms with Crippen LogP contribution in [0.4, 0.5) is 0 Å². The second kappa shape index (κ2) is 9.39. The molecule has 0 aromatic heterocycles. The third kappa shape index (κ3) is 4.43. The van der Waals surface area contributed by atoms with Crippen LogP contribution in [0.2, 0.25) is 0 Å². The first-order valence-electron chi connectivity index (χ1n) is 9.86. The quantitative estimate of drug-likeness (QED) is 0.681. The number of esters is 2. The van der Waals surface area contributed by atoms with Crippen LogP contribution in [0.25, 0.3) is 0 Å². The number of methoxy groups -OCH3 is 1. The van der Waals surface area contributed by atoms with E-state index in [0.717, 1.165) is 11.1 Å². The van der Waals surface area contributed by atoms with Gasteiger partial charge in [0.05, 0.1) is 31.4 Å². The lowest BCUT2D eigenvalue weighted by molar-refractivity contribution is -0.140. The Bertz CT molecular complexity index is 963. The van der Waals surface area contributed by atoms with Crippen molar-refractivity contribution in [2.24, 2.45) is 0 Å². The summed E-state index contributed by atoms with van der Waals surface area (Å²) in [5, 5.41) is 0. The summed E-state index contributed by atoms with van der Waals surface area (Å²) in [5.41, 5.74) is 3.30. The summed E-state index contributed by atoms with van der Waals surface area (Å²) in [6.45, 7) is 4.11. The zero-order valence-electron chi connectivity index (χ0n) is 17.4. The van der Waals surface area contributed by atoms with Gasteiger partial charge in [-0.3, -0.25) is 4.79 Å². The Balaban J connectivity index is 1.94. The standard InChI is InChI=1S/C24H25NO5/c1-4-30-24(28)22-16(2)25(15-17-10-12-19(13-11-17)23(27)29-3)21(26)14-20(22)18-8-6-5-7-9-18/h5-13,20H,4,14-15H2,1-3H3/t20-/m0/s1. The smallest absolute Gasteiger partial charge is 0.337 e. The summed E-state index contributed by atoms with van der Waals surface area (Å²) in [6, 6.07) is 16.4. The predicted molar refractivity (Wildman–Crippen MR) is 111 cm³/mol. The van der Waals surface area contributed by atoms with Gasteiger partial charge in [0, 0.05) is 18.0 Å². The van der Waals surface area contributed by atoms with E-state index in [-0.39, 0.29) is 24.9 Å². The topological polar surface area (TPSA) is 72.9 Å². The highest BCUT2D eigenvalue weighted by Crippen LogP contribution is 2.37. The lowest BCUT2D eigenvalue weighted by Crippen LogP contribution is -2.38. The van der Waals surface area contributed by atoms with E-state index in [1.54, 1.807) is 43.0 Å². The van der Waals surface area contributed by atoms with Crippen molar-refractivity contribution in [3.63, 3.8) is 0 Å². The van der Waals surface area contributed by atoms with E-state index in [0.29, 0.717) is 23.4 Å². The van der Waals surface area contributed by atoms with Gasteiger partial charge in [0.2, 0.25) is 5.91 Å². The molecule has 1 aliphatic rings. The Morgan fingerprint density at radius 2 is 1.70 bits per heavy atom. The highest BCUT2D eigenvalue weighted by Gasteiger charge is 2.36. The van der Waals surface area contributed by atoms with Gasteiger partial charge in [-0.05, 0) is 37.1 Å². The van der Waals surface area contributed by atoms with Crippen molar-refractivity contribution in [2.75, 3.05) is 13.7 Å². The molecule has 30 heavy (non-hydrogen) atoms. The lowest BCUT2D eigenvalue weighted by atomic mass is 9.83. The highest BCUT2D eigenvalue weighted by atomic mass is 16.5. The van der Waals surface area contributed by atoms with E-state index >= 15 is 0 Å². The largest absolute Gasteiger partial charge is 0.465 e. The molecule has 1 heterocycles. The summed E-state index contributed by atoms with van der Waals surface area (Å²) in [7, 11) is 1.33. The monoisotopic (exact) mass is 407 g/mol. The Morgan fingerprint density at radius 3 is 2.30 bits per heavy atom. The number of ether oxygens (including phenoxy) is 2. The van der Waals surface area contributed by atoms with E-state index in [2.05, 4.69) is 0 Å². The average molecular weight is 407 g/mol.